The van der Waals surface area contributed by atoms with E-state index in [1.807, 2.05) is 33.8 Å². The Kier molecular flexibility index (Phi) is 6.31. The number of aromatic nitrogens is 1. The Labute approximate surface area is 195 Å². The van der Waals surface area contributed by atoms with Crippen molar-refractivity contribution in [1.29, 1.82) is 0 Å². The Morgan fingerprint density at radius 2 is 1.88 bits per heavy atom. The van der Waals surface area contributed by atoms with Gasteiger partial charge in [0.15, 0.2) is 0 Å². The minimum atomic E-state index is -4.55. The zero-order valence-electron chi connectivity index (χ0n) is 19.7. The van der Waals surface area contributed by atoms with Crippen LogP contribution in [0.25, 0.3) is 10.9 Å². The topological polar surface area (TPSA) is 75.5 Å². The highest BCUT2D eigenvalue weighted by molar-refractivity contribution is 5.89. The van der Waals surface area contributed by atoms with Crippen molar-refractivity contribution in [3.63, 3.8) is 0 Å². The lowest BCUT2D eigenvalue weighted by Crippen LogP contribution is -2.54. The van der Waals surface area contributed by atoms with Gasteiger partial charge in [0.05, 0.1) is 16.7 Å². The molecule has 10 heteroatoms. The highest BCUT2D eigenvalue weighted by Crippen LogP contribution is 2.42. The molecule has 0 spiro atoms. The van der Waals surface area contributed by atoms with E-state index in [1.54, 1.807) is 5.32 Å². The van der Waals surface area contributed by atoms with E-state index < -0.39 is 23.7 Å². The van der Waals surface area contributed by atoms with Crippen LogP contribution in [0.5, 0.6) is 0 Å². The van der Waals surface area contributed by atoms with Gasteiger partial charge in [0.2, 0.25) is 0 Å². The van der Waals surface area contributed by atoms with Crippen molar-refractivity contribution < 1.29 is 26.7 Å². The second kappa shape index (κ2) is 8.57. The quantitative estimate of drug-likeness (QED) is 0.289. The average molecular weight is 487 g/mol. The zero-order valence-corrected chi connectivity index (χ0v) is 19.7. The van der Waals surface area contributed by atoms with Crippen LogP contribution in [-0.2, 0) is 10.2 Å². The fraction of sp³-hybridized carbons (Fsp3) is 0.625. The number of nitrogens with two attached hydrogens (primary N) is 1. The van der Waals surface area contributed by atoms with Crippen molar-refractivity contribution in [2.75, 3.05) is 5.32 Å². The van der Waals surface area contributed by atoms with E-state index in [1.165, 1.54) is 12.1 Å². The van der Waals surface area contributed by atoms with Crippen molar-refractivity contribution in [3.05, 3.63) is 35.0 Å². The molecule has 2 aliphatic rings. The molecule has 188 valence electrons. The Hall–Kier alpha value is -2.04. The summed E-state index contributed by atoms with van der Waals surface area (Å²) in [5, 5.41) is 5.52. The molecule has 0 radical (unpaired) electrons. The molecule has 2 heterocycles. The molecule has 2 fully saturated rings. The number of benzene rings is 1. The lowest BCUT2D eigenvalue weighted by atomic mass is 9.80. The summed E-state index contributed by atoms with van der Waals surface area (Å²) in [6.45, 7) is 7.60. The predicted octanol–water partition coefficient (Wildman–Crippen LogP) is 5.66. The van der Waals surface area contributed by atoms with Crippen LogP contribution in [0.1, 0.15) is 69.4 Å². The first-order valence-electron chi connectivity index (χ1n) is 11.5. The largest absolute Gasteiger partial charge is 0.482 e. The summed E-state index contributed by atoms with van der Waals surface area (Å²) < 4.78 is 71.4. The summed E-state index contributed by atoms with van der Waals surface area (Å²) in [6.07, 6.45) is -6.02. The highest BCUT2D eigenvalue weighted by atomic mass is 19.4. The summed E-state index contributed by atoms with van der Waals surface area (Å²) in [5.41, 5.74) is 6.68. The van der Waals surface area contributed by atoms with Crippen molar-refractivity contribution >= 4 is 16.6 Å². The molecule has 34 heavy (non-hydrogen) atoms. The standard InChI is InChI=1S/C24H31F5N4O/c1-12-8-17(19-20(34-19)31-13-6-5-7-23(30,11-13)21(25)26)32-18-15(12)9-14(33-24(27,28)29)10-16(18)22(2,3)4/h8-10,13,19-21,31,33H,5-7,11,30H2,1-4H3/t13-,19?,20+,23+/m0/s1. The van der Waals surface area contributed by atoms with E-state index in [0.717, 1.165) is 12.0 Å². The van der Waals surface area contributed by atoms with Gasteiger partial charge in [-0.25, -0.2) is 13.8 Å². The number of nitrogens with zero attached hydrogens (tertiary/aromatic N) is 1. The summed E-state index contributed by atoms with van der Waals surface area (Å²) in [7, 11) is 0. The van der Waals surface area contributed by atoms with E-state index in [2.05, 4.69) is 5.32 Å². The number of nitrogens with one attached hydrogen (secondary N) is 2. The van der Waals surface area contributed by atoms with Gasteiger partial charge in [0.1, 0.15) is 12.3 Å². The van der Waals surface area contributed by atoms with Gasteiger partial charge < -0.3 is 10.5 Å². The monoisotopic (exact) mass is 486 g/mol. The molecule has 0 bridgehead atoms. The third kappa shape index (κ3) is 5.28. The molecule has 1 aromatic heterocycles. The molecule has 1 saturated heterocycles. The Morgan fingerprint density at radius 1 is 1.18 bits per heavy atom. The van der Waals surface area contributed by atoms with Gasteiger partial charge in [-0.05, 0) is 67.3 Å². The number of fused-ring (bicyclic) bond motifs is 1. The number of ether oxygens (including phenoxy) is 1. The number of pyridine rings is 1. The lowest BCUT2D eigenvalue weighted by Gasteiger charge is -2.37. The first-order chi connectivity index (χ1) is 15.7. The Bertz CT molecular complexity index is 1070. The maximum absolute atomic E-state index is 13.4. The summed E-state index contributed by atoms with van der Waals surface area (Å²) in [5.74, 6) is 0. The van der Waals surface area contributed by atoms with Crippen LogP contribution in [0, 0.1) is 6.92 Å². The molecule has 1 aliphatic heterocycles. The molecule has 4 N–H and O–H groups in total. The van der Waals surface area contributed by atoms with E-state index in [-0.39, 0.29) is 30.5 Å². The Morgan fingerprint density at radius 3 is 2.50 bits per heavy atom. The second-order valence-electron chi connectivity index (χ2n) is 10.6. The number of hydrogen-bond acceptors (Lipinski definition) is 5. The number of hydrogen-bond donors (Lipinski definition) is 3. The van der Waals surface area contributed by atoms with Crippen molar-refractivity contribution in [2.45, 2.75) is 95.4 Å². The molecule has 1 aromatic carbocycles. The van der Waals surface area contributed by atoms with Crippen LogP contribution in [0.3, 0.4) is 0 Å². The average Bonchev–Trinajstić information content (AvgIpc) is 3.45. The molecule has 2 aromatic rings. The molecule has 1 saturated carbocycles. The third-order valence-corrected chi connectivity index (χ3v) is 6.67. The van der Waals surface area contributed by atoms with E-state index >= 15 is 0 Å². The minimum absolute atomic E-state index is 0.0358. The normalized spacial score (nSPS) is 27.9. The highest BCUT2D eigenvalue weighted by Gasteiger charge is 2.46. The molecular weight excluding hydrogens is 455 g/mol. The molecule has 0 amide bonds. The zero-order chi connectivity index (χ0) is 25.1. The smallest absolute Gasteiger partial charge is 0.346 e. The summed E-state index contributed by atoms with van der Waals surface area (Å²) in [4.78, 5) is 4.78. The predicted molar refractivity (Wildman–Crippen MR) is 121 cm³/mol. The summed E-state index contributed by atoms with van der Waals surface area (Å²) in [6, 6.07) is 4.58. The number of halogens is 5. The van der Waals surface area contributed by atoms with E-state index in [0.29, 0.717) is 35.0 Å². The van der Waals surface area contributed by atoms with Gasteiger partial charge in [-0.2, -0.15) is 13.2 Å². The summed E-state index contributed by atoms with van der Waals surface area (Å²) >= 11 is 0. The van der Waals surface area contributed by atoms with Crippen LogP contribution in [-0.4, -0.2) is 35.5 Å². The molecule has 4 atom stereocenters. The molecule has 1 aliphatic carbocycles. The van der Waals surface area contributed by atoms with Gasteiger partial charge in [0.25, 0.3) is 6.43 Å². The van der Waals surface area contributed by atoms with Crippen LogP contribution >= 0.6 is 0 Å². The third-order valence-electron chi connectivity index (χ3n) is 6.67. The van der Waals surface area contributed by atoms with Gasteiger partial charge in [0, 0.05) is 17.1 Å². The molecule has 1 unspecified atom stereocenters. The maximum atomic E-state index is 13.4. The van der Waals surface area contributed by atoms with Gasteiger partial charge >= 0.3 is 6.30 Å². The minimum Gasteiger partial charge on any atom is -0.346 e. The maximum Gasteiger partial charge on any atom is 0.482 e. The first-order valence-corrected chi connectivity index (χ1v) is 11.5. The fourth-order valence-electron chi connectivity index (χ4n) is 4.85. The second-order valence-corrected chi connectivity index (χ2v) is 10.6. The van der Waals surface area contributed by atoms with Gasteiger partial charge in [-0.3, -0.25) is 10.6 Å². The van der Waals surface area contributed by atoms with Crippen molar-refractivity contribution in [2.24, 2.45) is 5.73 Å². The van der Waals surface area contributed by atoms with Crippen LogP contribution in [0.2, 0.25) is 0 Å². The van der Waals surface area contributed by atoms with Crippen molar-refractivity contribution in [1.82, 2.24) is 10.3 Å². The number of aryl methyl sites for hydroxylation is 1. The number of rotatable bonds is 5. The van der Waals surface area contributed by atoms with Gasteiger partial charge in [-0.1, -0.05) is 20.8 Å². The molecular formula is C24H31F5N4O. The van der Waals surface area contributed by atoms with E-state index in [9.17, 15) is 22.0 Å². The molecule has 5 nitrogen and oxygen atoms in total. The van der Waals surface area contributed by atoms with E-state index in [4.69, 9.17) is 15.5 Å². The Balaban J connectivity index is 1.59. The lowest BCUT2D eigenvalue weighted by molar-refractivity contribution is -0.0999. The number of anilines is 1. The van der Waals surface area contributed by atoms with Crippen LogP contribution in [0.4, 0.5) is 27.6 Å². The van der Waals surface area contributed by atoms with Crippen LogP contribution < -0.4 is 16.4 Å². The number of epoxide rings is 1. The number of alkyl halides is 5. The first kappa shape index (κ1) is 25.1. The molecule has 4 rings (SSSR count). The van der Waals surface area contributed by atoms with Gasteiger partial charge in [-0.15, -0.1) is 0 Å². The van der Waals surface area contributed by atoms with Crippen molar-refractivity contribution in [3.8, 4) is 0 Å². The SMILES string of the molecule is Cc1cc(C2O[C@H]2N[C@H]2CCC[C@](N)(C(F)F)C2)nc2c(C(C)(C)C)cc(NC(F)(F)F)cc12. The van der Waals surface area contributed by atoms with Crippen LogP contribution in [0.15, 0.2) is 18.2 Å². The fourth-order valence-corrected chi connectivity index (χ4v) is 4.85.